The number of aliphatic hydroxyl groups excluding tert-OH is 1. The lowest BCUT2D eigenvalue weighted by atomic mass is 10.1. The minimum atomic E-state index is -0.0651. The van der Waals surface area contributed by atoms with Crippen molar-refractivity contribution in [1.82, 2.24) is 14.6 Å². The zero-order chi connectivity index (χ0) is 13.8. The van der Waals surface area contributed by atoms with Gasteiger partial charge in [0.2, 0.25) is 0 Å². The molecule has 0 aliphatic carbocycles. The third-order valence-corrected chi connectivity index (χ3v) is 3.15. The molecule has 100 valence electrons. The Balaban J connectivity index is 0.000000637. The van der Waals surface area contributed by atoms with Gasteiger partial charge in [-0.25, -0.2) is 14.8 Å². The maximum atomic E-state index is 9.06. The molecule has 0 saturated carbocycles. The van der Waals surface area contributed by atoms with Crippen LogP contribution in [-0.4, -0.2) is 32.4 Å². The van der Waals surface area contributed by atoms with Gasteiger partial charge in [-0.2, -0.15) is 5.10 Å². The molecule has 2 aromatic heterocycles. The quantitative estimate of drug-likeness (QED) is 0.822. The molecule has 3 heterocycles. The molecular weight excluding hydrogens is 246 g/mol. The van der Waals surface area contributed by atoms with E-state index < -0.39 is 0 Å². The normalized spacial score (nSPS) is 22.1. The van der Waals surface area contributed by atoms with E-state index in [9.17, 15) is 0 Å². The van der Waals surface area contributed by atoms with Gasteiger partial charge in [-0.3, -0.25) is 0 Å². The Labute approximate surface area is 110 Å². The van der Waals surface area contributed by atoms with Crippen LogP contribution in [0.4, 0.5) is 5.82 Å². The third-order valence-electron chi connectivity index (χ3n) is 3.15. The van der Waals surface area contributed by atoms with Crippen LogP contribution in [0.2, 0.25) is 0 Å². The number of hydrogen-bond acceptors (Lipinski definition) is 6. The van der Waals surface area contributed by atoms with Crippen molar-refractivity contribution >= 4 is 11.3 Å². The largest absolute Gasteiger partial charge is 0.394 e. The molecule has 1 aliphatic rings. The number of anilines is 1. The van der Waals surface area contributed by atoms with E-state index in [1.165, 1.54) is 6.33 Å². The Morgan fingerprint density at radius 3 is 2.95 bits per heavy atom. The molecule has 1 aliphatic heterocycles. The van der Waals surface area contributed by atoms with Crippen LogP contribution in [0.25, 0.3) is 5.52 Å². The second-order valence-corrected chi connectivity index (χ2v) is 4.21. The van der Waals surface area contributed by atoms with E-state index in [4.69, 9.17) is 20.8 Å². The third kappa shape index (κ3) is 2.36. The number of fused-ring (bicyclic) bond motifs is 1. The van der Waals surface area contributed by atoms with Crippen molar-refractivity contribution in [3.05, 3.63) is 24.2 Å². The van der Waals surface area contributed by atoms with E-state index in [0.29, 0.717) is 5.82 Å². The number of nitrogens with two attached hydrogens (primary N) is 1. The number of ether oxygens (including phenoxy) is 1. The molecule has 2 atom stereocenters. The molecule has 0 amide bonds. The molecule has 0 radical (unpaired) electrons. The van der Waals surface area contributed by atoms with Gasteiger partial charge in [-0.05, 0) is 25.0 Å². The van der Waals surface area contributed by atoms with Crippen molar-refractivity contribution in [2.24, 2.45) is 0 Å². The maximum absolute atomic E-state index is 9.06. The molecule has 3 rings (SSSR count). The molecule has 7 heteroatoms. The first-order chi connectivity index (χ1) is 9.29. The molecule has 2 aromatic rings. The molecular formula is C12H15N5O2. The summed E-state index contributed by atoms with van der Waals surface area (Å²) < 4.78 is 7.49. The zero-order valence-electron chi connectivity index (χ0n) is 10.3. The van der Waals surface area contributed by atoms with Crippen molar-refractivity contribution in [2.45, 2.75) is 25.0 Å². The Kier molecular flexibility index (Phi) is 3.94. The topological polar surface area (TPSA) is 109 Å². The number of nitriles is 1. The van der Waals surface area contributed by atoms with E-state index in [2.05, 4.69) is 16.7 Å². The Bertz CT molecular complexity index is 580. The van der Waals surface area contributed by atoms with Crippen LogP contribution >= 0.6 is 0 Å². The van der Waals surface area contributed by atoms with Crippen LogP contribution in [-0.2, 0) is 4.74 Å². The molecule has 0 spiro atoms. The van der Waals surface area contributed by atoms with Crippen LogP contribution in [0.5, 0.6) is 0 Å². The molecule has 0 aromatic carbocycles. The zero-order valence-corrected chi connectivity index (χ0v) is 10.3. The highest BCUT2D eigenvalue weighted by molar-refractivity contribution is 5.65. The molecule has 2 unspecified atom stereocenters. The van der Waals surface area contributed by atoms with Crippen LogP contribution in [0.3, 0.4) is 0 Å². The lowest BCUT2D eigenvalue weighted by molar-refractivity contribution is 0.00856. The molecule has 1 saturated heterocycles. The van der Waals surface area contributed by atoms with Crippen LogP contribution in [0, 0.1) is 11.8 Å². The van der Waals surface area contributed by atoms with Gasteiger partial charge in [0.05, 0.1) is 18.4 Å². The lowest BCUT2D eigenvalue weighted by Crippen LogP contribution is -2.12. The molecule has 7 nitrogen and oxygen atoms in total. The monoisotopic (exact) mass is 261 g/mol. The SMILES string of the molecule is C#N.Nc1ncnn2c(C3CCC(CO)O3)ccc12. The summed E-state index contributed by atoms with van der Waals surface area (Å²) in [6, 6.07) is 3.84. The van der Waals surface area contributed by atoms with Gasteiger partial charge in [0.15, 0.2) is 5.82 Å². The van der Waals surface area contributed by atoms with Crippen molar-refractivity contribution in [3.8, 4) is 6.57 Å². The number of nitrogen functional groups attached to an aromatic ring is 1. The summed E-state index contributed by atoms with van der Waals surface area (Å²) in [4.78, 5) is 3.94. The molecule has 0 bridgehead atoms. The first-order valence-electron chi connectivity index (χ1n) is 5.90. The van der Waals surface area contributed by atoms with Gasteiger partial charge < -0.3 is 15.6 Å². The number of aromatic nitrogens is 3. The maximum Gasteiger partial charge on any atom is 0.151 e. The van der Waals surface area contributed by atoms with Crippen molar-refractivity contribution < 1.29 is 9.84 Å². The fourth-order valence-corrected chi connectivity index (χ4v) is 2.27. The smallest absolute Gasteiger partial charge is 0.151 e. The Hall–Kier alpha value is -2.17. The first kappa shape index (κ1) is 13.3. The summed E-state index contributed by atoms with van der Waals surface area (Å²) in [6.07, 6.45) is 3.11. The summed E-state index contributed by atoms with van der Waals surface area (Å²) in [6.45, 7) is 3.57. The van der Waals surface area contributed by atoms with Crippen LogP contribution < -0.4 is 5.73 Å². The number of nitrogens with zero attached hydrogens (tertiary/aromatic N) is 4. The predicted octanol–water partition coefficient (Wildman–Crippen LogP) is 0.664. The van der Waals surface area contributed by atoms with E-state index in [-0.39, 0.29) is 18.8 Å². The minimum absolute atomic E-state index is 0.0241. The van der Waals surface area contributed by atoms with Gasteiger partial charge in [-0.15, -0.1) is 0 Å². The van der Waals surface area contributed by atoms with Gasteiger partial charge in [0, 0.05) is 6.57 Å². The summed E-state index contributed by atoms with van der Waals surface area (Å²) >= 11 is 0. The van der Waals surface area contributed by atoms with E-state index >= 15 is 0 Å². The Morgan fingerprint density at radius 2 is 2.26 bits per heavy atom. The van der Waals surface area contributed by atoms with Gasteiger partial charge in [0.25, 0.3) is 0 Å². The van der Waals surface area contributed by atoms with Crippen molar-refractivity contribution in [2.75, 3.05) is 12.3 Å². The second kappa shape index (κ2) is 5.65. The van der Waals surface area contributed by atoms with Crippen LogP contribution in [0.1, 0.15) is 24.6 Å². The standard InChI is InChI=1S/C11H14N4O2.CHN/c12-11-9-3-2-8(15(9)14-6-13-11)10-4-1-7(5-16)17-10;1-2/h2-3,6-7,10,16H,1,4-5H2,(H2,12,13,14);1H. The van der Waals surface area contributed by atoms with E-state index in [0.717, 1.165) is 24.1 Å². The number of rotatable bonds is 2. The average molecular weight is 261 g/mol. The summed E-state index contributed by atoms with van der Waals surface area (Å²) in [5, 5.41) is 19.7. The summed E-state index contributed by atoms with van der Waals surface area (Å²) in [5.41, 5.74) is 7.52. The summed E-state index contributed by atoms with van der Waals surface area (Å²) in [5.74, 6) is 0.461. The van der Waals surface area contributed by atoms with Crippen LogP contribution in [0.15, 0.2) is 18.5 Å². The van der Waals surface area contributed by atoms with Gasteiger partial charge in [0.1, 0.15) is 17.9 Å². The van der Waals surface area contributed by atoms with Gasteiger partial charge >= 0.3 is 0 Å². The minimum Gasteiger partial charge on any atom is -0.394 e. The van der Waals surface area contributed by atoms with E-state index in [1.807, 2.05) is 12.1 Å². The highest BCUT2D eigenvalue weighted by Crippen LogP contribution is 2.33. The fourth-order valence-electron chi connectivity index (χ4n) is 2.27. The molecule has 19 heavy (non-hydrogen) atoms. The molecule has 1 fully saturated rings. The first-order valence-corrected chi connectivity index (χ1v) is 5.90. The molecule has 3 N–H and O–H groups in total. The lowest BCUT2D eigenvalue weighted by Gasteiger charge is -2.11. The van der Waals surface area contributed by atoms with Crippen molar-refractivity contribution in [1.29, 1.82) is 5.26 Å². The highest BCUT2D eigenvalue weighted by atomic mass is 16.5. The number of hydrogen-bond donors (Lipinski definition) is 2. The van der Waals surface area contributed by atoms with E-state index in [1.54, 1.807) is 4.52 Å². The summed E-state index contributed by atoms with van der Waals surface area (Å²) in [7, 11) is 0. The fraction of sp³-hybridized carbons (Fsp3) is 0.417. The average Bonchev–Trinajstić information content (AvgIpc) is 3.07. The van der Waals surface area contributed by atoms with Gasteiger partial charge in [-0.1, -0.05) is 0 Å². The van der Waals surface area contributed by atoms with Crippen molar-refractivity contribution in [3.63, 3.8) is 0 Å². The highest BCUT2D eigenvalue weighted by Gasteiger charge is 2.28. The predicted molar refractivity (Wildman–Crippen MR) is 68.0 cm³/mol. The number of aliphatic hydroxyl groups is 1. The second-order valence-electron chi connectivity index (χ2n) is 4.21. The Morgan fingerprint density at radius 1 is 1.47 bits per heavy atom.